The predicted molar refractivity (Wildman–Crippen MR) is 115 cm³/mol. The lowest BCUT2D eigenvalue weighted by Gasteiger charge is -2.10. The largest absolute Gasteiger partial charge is 0.322 e. The first-order chi connectivity index (χ1) is 13.7. The molecule has 2 heterocycles. The van der Waals surface area contributed by atoms with Crippen molar-refractivity contribution >= 4 is 29.0 Å². The number of carbonyl (C=O) groups excluding carboxylic acids is 1. The number of carbonyl (C=O) groups is 1. The first kappa shape index (κ1) is 18.3. The Morgan fingerprint density at radius 1 is 1.04 bits per heavy atom. The van der Waals surface area contributed by atoms with E-state index >= 15 is 0 Å². The third-order valence-electron chi connectivity index (χ3n) is 4.54. The molecule has 5 heteroatoms. The van der Waals surface area contributed by atoms with E-state index in [0.29, 0.717) is 11.3 Å². The first-order valence-corrected chi connectivity index (χ1v) is 10.3. The molecule has 0 aliphatic heterocycles. The highest BCUT2D eigenvalue weighted by atomic mass is 32.2. The number of benzene rings is 2. The van der Waals surface area contributed by atoms with E-state index in [2.05, 4.69) is 17.2 Å². The number of pyridine rings is 1. The number of rotatable bonds is 6. The average Bonchev–Trinajstić information content (AvgIpc) is 3.16. The van der Waals surface area contributed by atoms with Gasteiger partial charge in [0.15, 0.2) is 0 Å². The second-order valence-electron chi connectivity index (χ2n) is 6.49. The van der Waals surface area contributed by atoms with Gasteiger partial charge >= 0.3 is 0 Å². The lowest BCUT2D eigenvalue weighted by Crippen LogP contribution is -2.13. The Bertz CT molecular complexity index is 1070. The molecule has 2 aromatic carbocycles. The highest BCUT2D eigenvalue weighted by Crippen LogP contribution is 2.27. The van der Waals surface area contributed by atoms with E-state index in [9.17, 15) is 4.79 Å². The molecule has 28 heavy (non-hydrogen) atoms. The van der Waals surface area contributed by atoms with Crippen LogP contribution in [0.25, 0.3) is 5.65 Å². The van der Waals surface area contributed by atoms with Crippen LogP contribution < -0.4 is 5.32 Å². The number of aromatic nitrogens is 2. The molecule has 4 nitrogen and oxygen atoms in total. The van der Waals surface area contributed by atoms with Crippen LogP contribution in [0.2, 0.25) is 0 Å². The third-order valence-corrected chi connectivity index (χ3v) is 5.65. The standard InChI is InChI=1S/C23H21N3OS/c1-2-17-10-12-18(13-11-17)25-23(27)20-7-3-4-8-21(20)28-16-19-15-26-14-6-5-9-22(26)24-19/h3-15H,2,16H2,1H3,(H,25,27). The van der Waals surface area contributed by atoms with Crippen LogP contribution in [0, 0.1) is 0 Å². The van der Waals surface area contributed by atoms with Crippen LogP contribution >= 0.6 is 11.8 Å². The van der Waals surface area contributed by atoms with Crippen LogP contribution in [0.4, 0.5) is 5.69 Å². The molecule has 0 aliphatic rings. The van der Waals surface area contributed by atoms with Crippen LogP contribution in [0.3, 0.4) is 0 Å². The van der Waals surface area contributed by atoms with Crippen molar-refractivity contribution in [2.75, 3.05) is 5.32 Å². The van der Waals surface area contributed by atoms with Gasteiger partial charge in [-0.05, 0) is 48.4 Å². The molecule has 0 saturated heterocycles. The van der Waals surface area contributed by atoms with Crippen molar-refractivity contribution in [3.05, 3.63) is 95.9 Å². The van der Waals surface area contributed by atoms with Crippen molar-refractivity contribution in [3.63, 3.8) is 0 Å². The average molecular weight is 388 g/mol. The third kappa shape index (κ3) is 4.10. The van der Waals surface area contributed by atoms with Gasteiger partial charge in [-0.15, -0.1) is 11.8 Å². The minimum atomic E-state index is -0.0950. The van der Waals surface area contributed by atoms with E-state index < -0.39 is 0 Å². The summed E-state index contributed by atoms with van der Waals surface area (Å²) in [6.07, 6.45) is 5.00. The van der Waals surface area contributed by atoms with Gasteiger partial charge in [-0.2, -0.15) is 0 Å². The van der Waals surface area contributed by atoms with Gasteiger partial charge in [-0.25, -0.2) is 4.98 Å². The summed E-state index contributed by atoms with van der Waals surface area (Å²) in [5.41, 5.74) is 4.65. The maximum Gasteiger partial charge on any atom is 0.256 e. The summed E-state index contributed by atoms with van der Waals surface area (Å²) in [4.78, 5) is 18.4. The number of imidazole rings is 1. The van der Waals surface area contributed by atoms with Crippen molar-refractivity contribution in [1.29, 1.82) is 0 Å². The van der Waals surface area contributed by atoms with Gasteiger partial charge in [0, 0.05) is 28.7 Å². The molecule has 4 rings (SSSR count). The number of aryl methyl sites for hydroxylation is 1. The van der Waals surface area contributed by atoms with Gasteiger partial charge in [0.25, 0.3) is 5.91 Å². The van der Waals surface area contributed by atoms with Gasteiger partial charge in [0.05, 0.1) is 11.3 Å². The quantitative estimate of drug-likeness (QED) is 0.448. The Kier molecular flexibility index (Phi) is 5.44. The summed E-state index contributed by atoms with van der Waals surface area (Å²) in [5.74, 6) is 0.610. The molecule has 1 N–H and O–H groups in total. The molecule has 0 atom stereocenters. The minimum absolute atomic E-state index is 0.0950. The summed E-state index contributed by atoms with van der Waals surface area (Å²) in [6.45, 7) is 2.12. The highest BCUT2D eigenvalue weighted by molar-refractivity contribution is 7.98. The number of anilines is 1. The van der Waals surface area contributed by atoms with Crippen molar-refractivity contribution < 1.29 is 4.79 Å². The number of hydrogen-bond donors (Lipinski definition) is 1. The van der Waals surface area contributed by atoms with Gasteiger partial charge < -0.3 is 9.72 Å². The van der Waals surface area contributed by atoms with E-state index in [0.717, 1.165) is 28.3 Å². The maximum absolute atomic E-state index is 12.8. The zero-order chi connectivity index (χ0) is 19.3. The molecule has 140 valence electrons. The number of amides is 1. The van der Waals surface area contributed by atoms with Gasteiger partial charge in [-0.3, -0.25) is 4.79 Å². The molecule has 1 amide bonds. The molecular formula is C23H21N3OS. The Morgan fingerprint density at radius 3 is 2.61 bits per heavy atom. The molecular weight excluding hydrogens is 366 g/mol. The lowest BCUT2D eigenvalue weighted by molar-refractivity contribution is 0.102. The second kappa shape index (κ2) is 8.31. The molecule has 4 aromatic rings. The van der Waals surface area contributed by atoms with E-state index in [-0.39, 0.29) is 5.91 Å². The number of nitrogens with zero attached hydrogens (tertiary/aromatic N) is 2. The van der Waals surface area contributed by atoms with E-state index in [1.807, 2.05) is 83.5 Å². The van der Waals surface area contributed by atoms with Crippen molar-refractivity contribution in [2.45, 2.75) is 24.0 Å². The number of hydrogen-bond acceptors (Lipinski definition) is 3. The number of fused-ring (bicyclic) bond motifs is 1. The SMILES string of the molecule is CCc1ccc(NC(=O)c2ccccc2SCc2cn3ccccc3n2)cc1. The second-order valence-corrected chi connectivity index (χ2v) is 7.50. The molecule has 0 aliphatic carbocycles. The normalized spacial score (nSPS) is 10.9. The summed E-state index contributed by atoms with van der Waals surface area (Å²) in [5, 5.41) is 3.00. The topological polar surface area (TPSA) is 46.4 Å². The molecule has 2 aromatic heterocycles. The van der Waals surface area contributed by atoms with Crippen LogP contribution in [0.5, 0.6) is 0 Å². The van der Waals surface area contributed by atoms with Crippen LogP contribution in [-0.4, -0.2) is 15.3 Å². The van der Waals surface area contributed by atoms with Gasteiger partial charge in [0.2, 0.25) is 0 Å². The summed E-state index contributed by atoms with van der Waals surface area (Å²) in [6, 6.07) is 21.6. The molecule has 0 fully saturated rings. The van der Waals surface area contributed by atoms with Gasteiger partial charge in [-0.1, -0.05) is 37.3 Å². The minimum Gasteiger partial charge on any atom is -0.322 e. The smallest absolute Gasteiger partial charge is 0.256 e. The van der Waals surface area contributed by atoms with E-state index in [1.54, 1.807) is 11.8 Å². The van der Waals surface area contributed by atoms with Crippen LogP contribution in [0.1, 0.15) is 28.5 Å². The molecule has 0 spiro atoms. The maximum atomic E-state index is 12.8. The zero-order valence-corrected chi connectivity index (χ0v) is 16.4. The number of nitrogens with one attached hydrogen (secondary N) is 1. The Hall–Kier alpha value is -3.05. The van der Waals surface area contributed by atoms with E-state index in [1.165, 1.54) is 5.56 Å². The van der Waals surface area contributed by atoms with Crippen LogP contribution in [-0.2, 0) is 12.2 Å². The van der Waals surface area contributed by atoms with E-state index in [4.69, 9.17) is 0 Å². The molecule has 0 unspecified atom stereocenters. The number of thioether (sulfide) groups is 1. The predicted octanol–water partition coefficient (Wildman–Crippen LogP) is 5.44. The molecule has 0 bridgehead atoms. The Balaban J connectivity index is 1.48. The van der Waals surface area contributed by atoms with Crippen molar-refractivity contribution in [1.82, 2.24) is 9.38 Å². The monoisotopic (exact) mass is 387 g/mol. The first-order valence-electron chi connectivity index (χ1n) is 9.27. The highest BCUT2D eigenvalue weighted by Gasteiger charge is 2.12. The Labute approximate surface area is 168 Å². The fourth-order valence-corrected chi connectivity index (χ4v) is 3.94. The molecule has 0 saturated carbocycles. The Morgan fingerprint density at radius 2 is 1.82 bits per heavy atom. The summed E-state index contributed by atoms with van der Waals surface area (Å²) < 4.78 is 2.01. The van der Waals surface area contributed by atoms with Crippen molar-refractivity contribution in [2.24, 2.45) is 0 Å². The molecule has 0 radical (unpaired) electrons. The fourth-order valence-electron chi connectivity index (χ4n) is 3.01. The van der Waals surface area contributed by atoms with Crippen LogP contribution in [0.15, 0.2) is 84.0 Å². The summed E-state index contributed by atoms with van der Waals surface area (Å²) >= 11 is 1.62. The zero-order valence-electron chi connectivity index (χ0n) is 15.6. The lowest BCUT2D eigenvalue weighted by atomic mass is 10.1. The fraction of sp³-hybridized carbons (Fsp3) is 0.130. The summed E-state index contributed by atoms with van der Waals surface area (Å²) in [7, 11) is 0. The van der Waals surface area contributed by atoms with Crippen molar-refractivity contribution in [3.8, 4) is 0 Å². The van der Waals surface area contributed by atoms with Gasteiger partial charge in [0.1, 0.15) is 5.65 Å².